The molecule has 0 bridgehead atoms. The van der Waals surface area contributed by atoms with Crippen LogP contribution >= 0.6 is 8.25 Å². The molecule has 0 fully saturated rings. The third kappa shape index (κ3) is 5.63. The first-order valence-corrected chi connectivity index (χ1v) is 6.11. The Morgan fingerprint density at radius 2 is 2.00 bits per heavy atom. The van der Waals surface area contributed by atoms with Gasteiger partial charge in [-0.3, -0.25) is 4.79 Å². The van der Waals surface area contributed by atoms with Gasteiger partial charge >= 0.3 is 8.25 Å². The lowest BCUT2D eigenvalue weighted by Crippen LogP contribution is -2.30. The molecular formula is C10H17NO4P+. The molecule has 0 aromatic carbocycles. The molecular weight excluding hydrogens is 229 g/mol. The van der Waals surface area contributed by atoms with Gasteiger partial charge in [-0.05, 0) is 26.8 Å². The third-order valence-electron chi connectivity index (χ3n) is 1.96. The standard InChI is InChI=1S/C10H16NO4P/c1-4-11(5-2)10(12)9(3)7-6-8-15-16(13)14/h6-8H,4-5H2,1-3H3/p+1/b8-6+,9-7-. The SMILES string of the molecule is CCN(CC)C(=O)/C(C)=C\C=C\O[P+](=O)O. The van der Waals surface area contributed by atoms with Gasteiger partial charge in [0.1, 0.15) is 0 Å². The first kappa shape index (κ1) is 14.8. The van der Waals surface area contributed by atoms with Crippen molar-refractivity contribution in [1.82, 2.24) is 4.90 Å². The van der Waals surface area contributed by atoms with E-state index in [1.165, 1.54) is 6.08 Å². The Balaban J connectivity index is 4.36. The summed E-state index contributed by atoms with van der Waals surface area (Å²) in [6, 6.07) is 0. The van der Waals surface area contributed by atoms with Crippen molar-refractivity contribution in [2.45, 2.75) is 20.8 Å². The van der Waals surface area contributed by atoms with Gasteiger partial charge in [-0.1, -0.05) is 6.08 Å². The van der Waals surface area contributed by atoms with Crippen LogP contribution in [0.25, 0.3) is 0 Å². The lowest BCUT2D eigenvalue weighted by Gasteiger charge is -2.18. The van der Waals surface area contributed by atoms with Crippen LogP contribution in [0, 0.1) is 0 Å². The van der Waals surface area contributed by atoms with E-state index in [1.54, 1.807) is 17.9 Å². The Morgan fingerprint density at radius 1 is 1.44 bits per heavy atom. The zero-order chi connectivity index (χ0) is 12.6. The van der Waals surface area contributed by atoms with Crippen molar-refractivity contribution >= 4 is 14.2 Å². The molecule has 0 spiro atoms. The van der Waals surface area contributed by atoms with Crippen molar-refractivity contribution in [3.05, 3.63) is 24.0 Å². The molecule has 0 saturated heterocycles. The summed E-state index contributed by atoms with van der Waals surface area (Å²) in [5.41, 5.74) is 0.553. The second-order valence-corrected chi connectivity index (χ2v) is 3.69. The van der Waals surface area contributed by atoms with Gasteiger partial charge in [-0.15, -0.1) is 4.89 Å². The highest BCUT2D eigenvalue weighted by Crippen LogP contribution is 2.14. The maximum atomic E-state index is 11.7. The number of carbonyl (C=O) groups excluding carboxylic acids is 1. The topological polar surface area (TPSA) is 66.8 Å². The highest BCUT2D eigenvalue weighted by Gasteiger charge is 2.10. The summed E-state index contributed by atoms with van der Waals surface area (Å²) in [6.45, 7) is 6.81. The number of hydrogen-bond acceptors (Lipinski definition) is 3. The minimum Gasteiger partial charge on any atom is -0.339 e. The highest BCUT2D eigenvalue weighted by atomic mass is 31.1. The average Bonchev–Trinajstić information content (AvgIpc) is 2.25. The first-order chi connectivity index (χ1) is 7.52. The smallest absolute Gasteiger partial charge is 0.339 e. The van der Waals surface area contributed by atoms with Crippen LogP contribution in [0.15, 0.2) is 24.0 Å². The number of carbonyl (C=O) groups is 1. The lowest BCUT2D eigenvalue weighted by molar-refractivity contribution is -0.126. The summed E-state index contributed by atoms with van der Waals surface area (Å²) in [6.07, 6.45) is 4.04. The van der Waals surface area contributed by atoms with E-state index in [2.05, 4.69) is 4.52 Å². The molecule has 5 nitrogen and oxygen atoms in total. The maximum absolute atomic E-state index is 11.7. The molecule has 0 saturated carbocycles. The van der Waals surface area contributed by atoms with Crippen LogP contribution < -0.4 is 0 Å². The summed E-state index contributed by atoms with van der Waals surface area (Å²) >= 11 is 0. The van der Waals surface area contributed by atoms with Crippen LogP contribution in [0.5, 0.6) is 0 Å². The predicted molar refractivity (Wildman–Crippen MR) is 61.7 cm³/mol. The zero-order valence-electron chi connectivity index (χ0n) is 9.71. The van der Waals surface area contributed by atoms with E-state index in [4.69, 9.17) is 4.89 Å². The van der Waals surface area contributed by atoms with Crippen LogP contribution in [-0.2, 0) is 13.9 Å². The predicted octanol–water partition coefficient (Wildman–Crippen LogP) is 1.98. The van der Waals surface area contributed by atoms with Gasteiger partial charge in [0.25, 0.3) is 0 Å². The van der Waals surface area contributed by atoms with Gasteiger partial charge < -0.3 is 4.90 Å². The molecule has 1 N–H and O–H groups in total. The van der Waals surface area contributed by atoms with Crippen molar-refractivity contribution in [3.63, 3.8) is 0 Å². The number of hydrogen-bond donors (Lipinski definition) is 1. The number of rotatable bonds is 6. The van der Waals surface area contributed by atoms with Gasteiger partial charge in [-0.25, -0.2) is 4.52 Å². The monoisotopic (exact) mass is 246 g/mol. The third-order valence-corrected chi connectivity index (χ3v) is 2.27. The van der Waals surface area contributed by atoms with E-state index in [1.807, 2.05) is 13.8 Å². The number of amides is 1. The molecule has 1 unspecified atom stereocenters. The van der Waals surface area contributed by atoms with E-state index in [9.17, 15) is 9.36 Å². The minimum absolute atomic E-state index is 0.0527. The van der Waals surface area contributed by atoms with Crippen LogP contribution in [0.1, 0.15) is 20.8 Å². The van der Waals surface area contributed by atoms with Crippen LogP contribution in [0.3, 0.4) is 0 Å². The summed E-state index contributed by atoms with van der Waals surface area (Å²) in [4.78, 5) is 21.7. The molecule has 0 radical (unpaired) electrons. The normalized spacial score (nSPS) is 12.8. The van der Waals surface area contributed by atoms with Gasteiger partial charge in [0.05, 0.1) is 0 Å². The Kier molecular flexibility index (Phi) is 7.42. The first-order valence-electron chi connectivity index (χ1n) is 4.98. The Bertz CT molecular complexity index is 308. The van der Waals surface area contributed by atoms with E-state index in [0.29, 0.717) is 18.7 Å². The van der Waals surface area contributed by atoms with Crippen LogP contribution in [0.4, 0.5) is 0 Å². The summed E-state index contributed by atoms with van der Waals surface area (Å²) < 4.78 is 14.5. The fourth-order valence-electron chi connectivity index (χ4n) is 1.10. The summed E-state index contributed by atoms with van der Waals surface area (Å²) in [7, 11) is -2.63. The molecule has 1 atom stereocenters. The fraction of sp³-hybridized carbons (Fsp3) is 0.500. The number of likely N-dealkylation sites (N-methyl/N-ethyl adjacent to an activating group) is 1. The molecule has 0 aliphatic rings. The number of nitrogens with zero attached hydrogens (tertiary/aromatic N) is 1. The zero-order valence-corrected chi connectivity index (χ0v) is 10.6. The largest absolute Gasteiger partial charge is 0.746 e. The highest BCUT2D eigenvalue weighted by molar-refractivity contribution is 7.32. The van der Waals surface area contributed by atoms with Gasteiger partial charge in [-0.2, -0.15) is 0 Å². The molecule has 1 amide bonds. The molecule has 0 aromatic rings. The van der Waals surface area contributed by atoms with Crippen molar-refractivity contribution in [1.29, 1.82) is 0 Å². The molecule has 0 aliphatic carbocycles. The van der Waals surface area contributed by atoms with Crippen LogP contribution in [0.2, 0.25) is 0 Å². The van der Waals surface area contributed by atoms with Crippen molar-refractivity contribution in [3.8, 4) is 0 Å². The van der Waals surface area contributed by atoms with Crippen molar-refractivity contribution < 1.29 is 18.8 Å². The second kappa shape index (κ2) is 8.02. The second-order valence-electron chi connectivity index (χ2n) is 3.00. The van der Waals surface area contributed by atoms with Gasteiger partial charge in [0.2, 0.25) is 5.91 Å². The molecule has 0 aromatic heterocycles. The van der Waals surface area contributed by atoms with Crippen molar-refractivity contribution in [2.75, 3.05) is 13.1 Å². The lowest BCUT2D eigenvalue weighted by atomic mass is 10.2. The van der Waals surface area contributed by atoms with Gasteiger partial charge in [0.15, 0.2) is 6.26 Å². The van der Waals surface area contributed by atoms with E-state index < -0.39 is 8.25 Å². The molecule has 0 heterocycles. The van der Waals surface area contributed by atoms with E-state index in [0.717, 1.165) is 6.26 Å². The Hall–Kier alpha value is -1.19. The van der Waals surface area contributed by atoms with E-state index >= 15 is 0 Å². The average molecular weight is 246 g/mol. The maximum Gasteiger partial charge on any atom is 0.746 e. The molecule has 0 aliphatic heterocycles. The van der Waals surface area contributed by atoms with Crippen molar-refractivity contribution in [2.24, 2.45) is 0 Å². The molecule has 6 heteroatoms. The van der Waals surface area contributed by atoms with E-state index in [-0.39, 0.29) is 5.91 Å². The molecule has 0 rings (SSSR count). The van der Waals surface area contributed by atoms with Crippen LogP contribution in [-0.4, -0.2) is 28.8 Å². The van der Waals surface area contributed by atoms with Gasteiger partial charge in [0, 0.05) is 23.2 Å². The Morgan fingerprint density at radius 3 is 2.44 bits per heavy atom. The fourth-order valence-corrected chi connectivity index (χ4v) is 1.28. The quantitative estimate of drug-likeness (QED) is 0.337. The summed E-state index contributed by atoms with van der Waals surface area (Å²) in [5, 5.41) is 0. The summed E-state index contributed by atoms with van der Waals surface area (Å²) in [5.74, 6) is -0.0527. The minimum atomic E-state index is -2.63. The number of allylic oxidation sites excluding steroid dienone is 2. The Labute approximate surface area is 96.4 Å². The molecule has 90 valence electrons. The molecule has 16 heavy (non-hydrogen) atoms.